The first-order chi connectivity index (χ1) is 18.3. The molecule has 0 saturated heterocycles. The van der Waals surface area contributed by atoms with Gasteiger partial charge in [-0.05, 0) is 73.7 Å². The van der Waals surface area contributed by atoms with Crippen molar-refractivity contribution < 1.29 is 14.3 Å². The molecule has 0 unspecified atom stereocenters. The second-order valence-corrected chi connectivity index (χ2v) is 10.5. The Kier molecular flexibility index (Phi) is 9.68. The van der Waals surface area contributed by atoms with Gasteiger partial charge in [0.1, 0.15) is 5.75 Å². The molecule has 0 bridgehead atoms. The second-order valence-electron chi connectivity index (χ2n) is 7.81. The number of benzene rings is 3. The Labute approximate surface area is 242 Å². The van der Waals surface area contributed by atoms with Crippen LogP contribution in [0.1, 0.15) is 23.1 Å². The fraction of sp³-hybridized carbons (Fsp3) is 0.154. The van der Waals surface area contributed by atoms with Crippen molar-refractivity contribution in [1.29, 1.82) is 0 Å². The largest absolute Gasteiger partial charge is 0.494 e. The number of carbonyl (C=O) groups excluding carboxylic acids is 2. The summed E-state index contributed by atoms with van der Waals surface area (Å²) in [5.41, 5.74) is 1.74. The number of carbonyl (C=O) groups is 2. The highest BCUT2D eigenvalue weighted by Gasteiger charge is 2.18. The van der Waals surface area contributed by atoms with E-state index >= 15 is 0 Å². The summed E-state index contributed by atoms with van der Waals surface area (Å²) >= 11 is 16.8. The molecule has 0 fully saturated rings. The molecular weight excluding hydrogens is 613 g/mol. The zero-order chi connectivity index (χ0) is 27.1. The molecule has 0 aliphatic rings. The van der Waals surface area contributed by atoms with Crippen LogP contribution >= 0.6 is 50.9 Å². The Hall–Kier alpha value is -3.05. The topological polar surface area (TPSA) is 98.1 Å². The van der Waals surface area contributed by atoms with Crippen molar-refractivity contribution in [3.63, 3.8) is 0 Å². The third-order valence-electron chi connectivity index (χ3n) is 5.15. The van der Waals surface area contributed by atoms with Gasteiger partial charge in [-0.1, -0.05) is 50.9 Å². The summed E-state index contributed by atoms with van der Waals surface area (Å²) in [5, 5.41) is 15.4. The van der Waals surface area contributed by atoms with Crippen molar-refractivity contribution in [2.24, 2.45) is 0 Å². The Morgan fingerprint density at radius 3 is 2.45 bits per heavy atom. The highest BCUT2D eigenvalue weighted by atomic mass is 79.9. The maximum Gasteiger partial charge on any atom is 0.253 e. The molecule has 38 heavy (non-hydrogen) atoms. The molecular formula is C26H22BrCl2N5O3S. The maximum atomic E-state index is 12.7. The molecule has 0 aliphatic heterocycles. The number of anilines is 1. The molecule has 8 nitrogen and oxygen atoms in total. The van der Waals surface area contributed by atoms with Crippen LogP contribution in [-0.4, -0.2) is 38.9 Å². The van der Waals surface area contributed by atoms with E-state index in [1.807, 2.05) is 31.2 Å². The van der Waals surface area contributed by atoms with E-state index in [1.54, 1.807) is 41.0 Å². The van der Waals surface area contributed by atoms with Crippen LogP contribution in [-0.2, 0) is 11.3 Å². The van der Waals surface area contributed by atoms with Crippen molar-refractivity contribution >= 4 is 68.4 Å². The first-order valence-electron chi connectivity index (χ1n) is 11.4. The molecule has 3 aromatic carbocycles. The zero-order valence-corrected chi connectivity index (χ0v) is 24.0. The number of ether oxygens (including phenoxy) is 1. The van der Waals surface area contributed by atoms with E-state index in [2.05, 4.69) is 36.8 Å². The van der Waals surface area contributed by atoms with E-state index in [0.29, 0.717) is 33.9 Å². The molecule has 0 atom stereocenters. The number of aromatic nitrogens is 3. The highest BCUT2D eigenvalue weighted by molar-refractivity contribution is 9.10. The second kappa shape index (κ2) is 13.1. The van der Waals surface area contributed by atoms with Crippen molar-refractivity contribution in [2.45, 2.75) is 18.6 Å². The number of nitrogens with zero attached hydrogens (tertiary/aromatic N) is 3. The zero-order valence-electron chi connectivity index (χ0n) is 20.1. The standard InChI is InChI=1S/C26H22BrCl2N5O3S/c1-2-37-20-10-6-18(7-11-20)31-24(35)15-38-26-33-32-23(34(26)19-8-3-16(27)4-9-19)14-30-25(36)21-12-5-17(28)13-22(21)29/h3-13H,2,14-15H2,1H3,(H,30,36)(H,31,35). The molecule has 0 radical (unpaired) electrons. The molecule has 1 aromatic heterocycles. The molecule has 12 heteroatoms. The van der Waals surface area contributed by atoms with Gasteiger partial charge < -0.3 is 15.4 Å². The molecule has 196 valence electrons. The third-order valence-corrected chi connectivity index (χ3v) is 7.15. The number of thioether (sulfide) groups is 1. The fourth-order valence-electron chi connectivity index (χ4n) is 3.41. The quantitative estimate of drug-likeness (QED) is 0.196. The van der Waals surface area contributed by atoms with E-state index in [1.165, 1.54) is 17.8 Å². The number of amides is 2. The lowest BCUT2D eigenvalue weighted by Gasteiger charge is -2.12. The van der Waals surface area contributed by atoms with Crippen molar-refractivity contribution in [3.05, 3.63) is 92.6 Å². The molecule has 4 aromatic rings. The van der Waals surface area contributed by atoms with Crippen molar-refractivity contribution in [1.82, 2.24) is 20.1 Å². The van der Waals surface area contributed by atoms with Crippen LogP contribution in [0.25, 0.3) is 5.69 Å². The van der Waals surface area contributed by atoms with Crippen LogP contribution in [0.2, 0.25) is 10.0 Å². The van der Waals surface area contributed by atoms with E-state index < -0.39 is 0 Å². The lowest BCUT2D eigenvalue weighted by atomic mass is 10.2. The predicted molar refractivity (Wildman–Crippen MR) is 154 cm³/mol. The van der Waals surface area contributed by atoms with Gasteiger partial charge in [0.2, 0.25) is 5.91 Å². The highest BCUT2D eigenvalue weighted by Crippen LogP contribution is 2.25. The lowest BCUT2D eigenvalue weighted by Crippen LogP contribution is -2.25. The van der Waals surface area contributed by atoms with Crippen LogP contribution in [0.5, 0.6) is 5.75 Å². The lowest BCUT2D eigenvalue weighted by molar-refractivity contribution is -0.113. The molecule has 0 aliphatic carbocycles. The molecule has 2 amide bonds. The van der Waals surface area contributed by atoms with Crippen molar-refractivity contribution in [2.75, 3.05) is 17.7 Å². The number of halogens is 3. The summed E-state index contributed by atoms with van der Waals surface area (Å²) in [6.45, 7) is 2.57. The van der Waals surface area contributed by atoms with E-state index in [0.717, 1.165) is 15.9 Å². The summed E-state index contributed by atoms with van der Waals surface area (Å²) in [5.74, 6) is 0.757. The summed E-state index contributed by atoms with van der Waals surface area (Å²) in [6.07, 6.45) is 0. The van der Waals surface area contributed by atoms with Gasteiger partial charge in [-0.25, -0.2) is 0 Å². The normalized spacial score (nSPS) is 10.7. The summed E-state index contributed by atoms with van der Waals surface area (Å²) in [7, 11) is 0. The smallest absolute Gasteiger partial charge is 0.253 e. The van der Waals surface area contributed by atoms with Gasteiger partial charge in [0.15, 0.2) is 11.0 Å². The Balaban J connectivity index is 1.47. The minimum absolute atomic E-state index is 0.0831. The van der Waals surface area contributed by atoms with Gasteiger partial charge >= 0.3 is 0 Å². The third kappa shape index (κ3) is 7.28. The van der Waals surface area contributed by atoms with E-state index in [9.17, 15) is 9.59 Å². The van der Waals surface area contributed by atoms with Gasteiger partial charge in [0.05, 0.1) is 29.5 Å². The first kappa shape index (κ1) is 28.0. The monoisotopic (exact) mass is 633 g/mol. The van der Waals surface area contributed by atoms with E-state index in [-0.39, 0.29) is 29.1 Å². The summed E-state index contributed by atoms with van der Waals surface area (Å²) < 4.78 is 8.13. The average molecular weight is 635 g/mol. The van der Waals surface area contributed by atoms with Gasteiger partial charge in [-0.15, -0.1) is 10.2 Å². The van der Waals surface area contributed by atoms with Gasteiger partial charge in [0, 0.05) is 20.9 Å². The molecule has 0 saturated carbocycles. The fourth-order valence-corrected chi connectivity index (χ4v) is 4.94. The Morgan fingerprint density at radius 2 is 1.76 bits per heavy atom. The number of hydrogen-bond donors (Lipinski definition) is 2. The molecule has 4 rings (SSSR count). The molecule has 0 spiro atoms. The SMILES string of the molecule is CCOc1ccc(NC(=O)CSc2nnc(CNC(=O)c3ccc(Cl)cc3Cl)n2-c2ccc(Br)cc2)cc1. The van der Waals surface area contributed by atoms with Crippen LogP contribution in [0.4, 0.5) is 5.69 Å². The number of nitrogens with one attached hydrogen (secondary N) is 2. The van der Waals surface area contributed by atoms with Gasteiger partial charge in [0.25, 0.3) is 5.91 Å². The van der Waals surface area contributed by atoms with Gasteiger partial charge in [-0.2, -0.15) is 0 Å². The maximum absolute atomic E-state index is 12.7. The predicted octanol–water partition coefficient (Wildman–Crippen LogP) is 6.40. The minimum atomic E-state index is -0.374. The van der Waals surface area contributed by atoms with Crippen molar-refractivity contribution in [3.8, 4) is 11.4 Å². The molecule has 2 N–H and O–H groups in total. The van der Waals surface area contributed by atoms with E-state index in [4.69, 9.17) is 27.9 Å². The number of hydrogen-bond acceptors (Lipinski definition) is 6. The Bertz CT molecular complexity index is 1430. The first-order valence-corrected chi connectivity index (χ1v) is 14.0. The van der Waals surface area contributed by atoms with Crippen LogP contribution in [0, 0.1) is 0 Å². The Morgan fingerprint density at radius 1 is 1.03 bits per heavy atom. The van der Waals surface area contributed by atoms with Crippen LogP contribution < -0.4 is 15.4 Å². The summed E-state index contributed by atoms with van der Waals surface area (Å²) in [6, 6.07) is 19.4. The average Bonchev–Trinajstić information content (AvgIpc) is 3.30. The minimum Gasteiger partial charge on any atom is -0.494 e. The van der Waals surface area contributed by atoms with Gasteiger partial charge in [-0.3, -0.25) is 14.2 Å². The van der Waals surface area contributed by atoms with Crippen LogP contribution in [0.3, 0.4) is 0 Å². The molecule has 1 heterocycles. The number of rotatable bonds is 10. The van der Waals surface area contributed by atoms with Crippen LogP contribution in [0.15, 0.2) is 76.4 Å². The summed E-state index contributed by atoms with van der Waals surface area (Å²) in [4.78, 5) is 25.3.